The van der Waals surface area contributed by atoms with Crippen molar-refractivity contribution in [3.63, 3.8) is 0 Å². The fourth-order valence-electron chi connectivity index (χ4n) is 2.40. The fraction of sp³-hybridized carbons (Fsp3) is 0.375. The van der Waals surface area contributed by atoms with E-state index in [0.717, 1.165) is 21.5 Å². The van der Waals surface area contributed by atoms with Gasteiger partial charge < -0.3 is 14.6 Å². The Morgan fingerprint density at radius 3 is 2.95 bits per heavy atom. The first-order valence-corrected chi connectivity index (χ1v) is 7.94. The summed E-state index contributed by atoms with van der Waals surface area (Å²) in [5.41, 5.74) is 2.71. The predicted octanol–water partition coefficient (Wildman–Crippen LogP) is 3.48. The van der Waals surface area contributed by atoms with Crippen LogP contribution in [-0.4, -0.2) is 12.3 Å². The lowest BCUT2D eigenvalue weighted by atomic mass is 10.1. The maximum Gasteiger partial charge on any atom is 0.153 e. The first kappa shape index (κ1) is 15.1. The molecule has 0 amide bonds. The molecule has 1 heterocycles. The number of halogens is 1. The smallest absolute Gasteiger partial charge is 0.153 e. The van der Waals surface area contributed by atoms with Crippen molar-refractivity contribution in [1.82, 2.24) is 10.5 Å². The van der Waals surface area contributed by atoms with Gasteiger partial charge in [0.1, 0.15) is 17.6 Å². The molecule has 114 valence electrons. The van der Waals surface area contributed by atoms with E-state index in [2.05, 4.69) is 32.5 Å². The minimum absolute atomic E-state index is 0.533. The van der Waals surface area contributed by atoms with Crippen molar-refractivity contribution >= 4 is 15.9 Å². The van der Waals surface area contributed by atoms with Crippen molar-refractivity contribution in [1.29, 1.82) is 5.26 Å². The molecule has 1 N–H and O–H groups in total. The SMILES string of the molecule is COc1cc(CNCc2c(Br)noc2C2CC2)ccc1C#N. The van der Waals surface area contributed by atoms with Crippen LogP contribution < -0.4 is 10.1 Å². The highest BCUT2D eigenvalue weighted by Gasteiger charge is 2.31. The quantitative estimate of drug-likeness (QED) is 0.852. The van der Waals surface area contributed by atoms with Gasteiger partial charge in [-0.15, -0.1) is 0 Å². The molecular formula is C16H16BrN3O2. The largest absolute Gasteiger partial charge is 0.495 e. The third kappa shape index (κ3) is 3.16. The number of ether oxygens (including phenoxy) is 1. The Morgan fingerprint density at radius 2 is 2.27 bits per heavy atom. The predicted molar refractivity (Wildman–Crippen MR) is 84.4 cm³/mol. The van der Waals surface area contributed by atoms with Crippen LogP contribution in [0.2, 0.25) is 0 Å². The van der Waals surface area contributed by atoms with Gasteiger partial charge >= 0.3 is 0 Å². The minimum atomic E-state index is 0.533. The molecule has 3 rings (SSSR count). The van der Waals surface area contributed by atoms with E-state index in [4.69, 9.17) is 14.5 Å². The van der Waals surface area contributed by atoms with Gasteiger partial charge in [-0.2, -0.15) is 5.26 Å². The van der Waals surface area contributed by atoms with Crippen LogP contribution in [0.15, 0.2) is 27.3 Å². The highest BCUT2D eigenvalue weighted by molar-refractivity contribution is 9.10. The Hall–Kier alpha value is -1.84. The van der Waals surface area contributed by atoms with Crippen LogP contribution in [0.3, 0.4) is 0 Å². The third-order valence-corrected chi connectivity index (χ3v) is 4.36. The van der Waals surface area contributed by atoms with Crippen molar-refractivity contribution in [3.8, 4) is 11.8 Å². The Kier molecular flexibility index (Phi) is 4.46. The van der Waals surface area contributed by atoms with Crippen molar-refractivity contribution in [3.05, 3.63) is 45.3 Å². The summed E-state index contributed by atoms with van der Waals surface area (Å²) in [6.45, 7) is 1.38. The topological polar surface area (TPSA) is 71.1 Å². The average Bonchev–Trinajstić information content (AvgIpc) is 3.32. The normalized spacial score (nSPS) is 13.9. The molecule has 0 atom stereocenters. The van der Waals surface area contributed by atoms with E-state index in [1.54, 1.807) is 13.2 Å². The van der Waals surface area contributed by atoms with Gasteiger partial charge in [0.2, 0.25) is 0 Å². The van der Waals surface area contributed by atoms with Crippen LogP contribution in [0.25, 0.3) is 0 Å². The van der Waals surface area contributed by atoms with E-state index >= 15 is 0 Å². The van der Waals surface area contributed by atoms with Gasteiger partial charge in [0.25, 0.3) is 0 Å². The summed E-state index contributed by atoms with van der Waals surface area (Å²) in [7, 11) is 1.57. The molecule has 6 heteroatoms. The summed E-state index contributed by atoms with van der Waals surface area (Å²) >= 11 is 3.44. The number of nitrogens with one attached hydrogen (secondary N) is 1. The number of hydrogen-bond acceptors (Lipinski definition) is 5. The molecule has 0 bridgehead atoms. The van der Waals surface area contributed by atoms with Gasteiger partial charge in [0, 0.05) is 24.6 Å². The van der Waals surface area contributed by atoms with Crippen LogP contribution in [0.4, 0.5) is 0 Å². The second-order valence-electron chi connectivity index (χ2n) is 5.34. The van der Waals surface area contributed by atoms with E-state index < -0.39 is 0 Å². The zero-order valence-corrected chi connectivity index (χ0v) is 13.8. The maximum atomic E-state index is 8.99. The first-order chi connectivity index (χ1) is 10.7. The maximum absolute atomic E-state index is 8.99. The lowest BCUT2D eigenvalue weighted by Crippen LogP contribution is -2.13. The van der Waals surface area contributed by atoms with Gasteiger partial charge in [-0.3, -0.25) is 0 Å². The molecule has 1 aliphatic rings. The fourth-order valence-corrected chi connectivity index (χ4v) is 2.81. The Labute approximate surface area is 137 Å². The molecule has 5 nitrogen and oxygen atoms in total. The van der Waals surface area contributed by atoms with Crippen LogP contribution >= 0.6 is 15.9 Å². The van der Waals surface area contributed by atoms with E-state index in [1.807, 2.05) is 12.1 Å². The first-order valence-electron chi connectivity index (χ1n) is 7.14. The number of rotatable bonds is 6. The zero-order chi connectivity index (χ0) is 15.5. The number of aromatic nitrogens is 1. The number of nitriles is 1. The molecule has 1 aromatic heterocycles. The van der Waals surface area contributed by atoms with Crippen molar-refractivity contribution in [2.75, 3.05) is 7.11 Å². The molecule has 0 radical (unpaired) electrons. The van der Waals surface area contributed by atoms with Gasteiger partial charge in [0.05, 0.1) is 12.7 Å². The van der Waals surface area contributed by atoms with E-state index in [9.17, 15) is 0 Å². The Balaban J connectivity index is 1.64. The lowest BCUT2D eigenvalue weighted by molar-refractivity contribution is 0.379. The van der Waals surface area contributed by atoms with Crippen LogP contribution in [-0.2, 0) is 13.1 Å². The zero-order valence-electron chi connectivity index (χ0n) is 12.2. The second-order valence-corrected chi connectivity index (χ2v) is 6.09. The molecule has 0 spiro atoms. The van der Waals surface area contributed by atoms with Gasteiger partial charge in [-0.1, -0.05) is 11.2 Å². The summed E-state index contributed by atoms with van der Waals surface area (Å²) in [4.78, 5) is 0. The standard InChI is InChI=1S/C16H16BrN3O2/c1-21-14-6-10(2-3-12(14)7-18)8-19-9-13-15(11-4-5-11)22-20-16(13)17/h2-3,6,11,19H,4-5,8-9H2,1H3. The summed E-state index contributed by atoms with van der Waals surface area (Å²) in [6.07, 6.45) is 2.36. The molecule has 1 saturated carbocycles. The summed E-state index contributed by atoms with van der Waals surface area (Å²) < 4.78 is 11.4. The molecule has 0 unspecified atom stereocenters. The minimum Gasteiger partial charge on any atom is -0.495 e. The van der Waals surface area contributed by atoms with Crippen LogP contribution in [0.1, 0.15) is 41.2 Å². The highest BCUT2D eigenvalue weighted by Crippen LogP contribution is 2.43. The van der Waals surface area contributed by atoms with E-state index in [-0.39, 0.29) is 0 Å². The number of methoxy groups -OCH3 is 1. The van der Waals surface area contributed by atoms with Crippen molar-refractivity contribution in [2.45, 2.75) is 31.8 Å². The number of benzene rings is 1. The van der Waals surface area contributed by atoms with Crippen LogP contribution in [0, 0.1) is 11.3 Å². The molecular weight excluding hydrogens is 346 g/mol. The van der Waals surface area contributed by atoms with Gasteiger partial charge in [-0.05, 0) is 46.5 Å². The molecule has 0 aliphatic heterocycles. The van der Waals surface area contributed by atoms with Gasteiger partial charge in [-0.25, -0.2) is 0 Å². The third-order valence-electron chi connectivity index (χ3n) is 3.74. The molecule has 0 saturated heterocycles. The van der Waals surface area contributed by atoms with Crippen molar-refractivity contribution < 1.29 is 9.26 Å². The molecule has 1 fully saturated rings. The lowest BCUT2D eigenvalue weighted by Gasteiger charge is -2.08. The highest BCUT2D eigenvalue weighted by atomic mass is 79.9. The molecule has 1 aromatic carbocycles. The van der Waals surface area contributed by atoms with Gasteiger partial charge in [0.15, 0.2) is 4.60 Å². The number of nitrogens with zero attached hydrogens (tertiary/aromatic N) is 2. The Bertz CT molecular complexity index is 717. The summed E-state index contributed by atoms with van der Waals surface area (Å²) in [6, 6.07) is 7.71. The number of hydrogen-bond donors (Lipinski definition) is 1. The second kappa shape index (κ2) is 6.51. The van der Waals surface area contributed by atoms with Crippen molar-refractivity contribution in [2.24, 2.45) is 0 Å². The van der Waals surface area contributed by atoms with Crippen LogP contribution in [0.5, 0.6) is 5.75 Å². The summed E-state index contributed by atoms with van der Waals surface area (Å²) in [5.74, 6) is 2.13. The summed E-state index contributed by atoms with van der Waals surface area (Å²) in [5, 5.41) is 16.4. The average molecular weight is 362 g/mol. The molecule has 2 aromatic rings. The molecule has 22 heavy (non-hydrogen) atoms. The monoisotopic (exact) mass is 361 g/mol. The molecule has 1 aliphatic carbocycles. The van der Waals surface area contributed by atoms with E-state index in [1.165, 1.54) is 12.8 Å². The van der Waals surface area contributed by atoms with E-state index in [0.29, 0.717) is 30.3 Å². The Morgan fingerprint density at radius 1 is 1.45 bits per heavy atom.